The minimum Gasteiger partial charge on any atom is -0.475 e. The highest BCUT2D eigenvalue weighted by molar-refractivity contribution is 5.76. The van der Waals surface area contributed by atoms with E-state index < -0.39 is 12.1 Å². The van der Waals surface area contributed by atoms with Crippen molar-refractivity contribution in [3.05, 3.63) is 35.4 Å². The van der Waals surface area contributed by atoms with E-state index in [2.05, 4.69) is 41.4 Å². The Morgan fingerprint density at radius 3 is 2.53 bits per heavy atom. The van der Waals surface area contributed by atoms with Crippen LogP contribution in [-0.4, -0.2) is 74.1 Å². The first-order valence-corrected chi connectivity index (χ1v) is 10.6. The molecule has 2 saturated heterocycles. The molecule has 10 heteroatoms. The van der Waals surface area contributed by atoms with Crippen molar-refractivity contribution in [1.82, 2.24) is 10.2 Å². The first kappa shape index (κ1) is 26.1. The number of nitrogens with one attached hydrogen (secondary N) is 1. The van der Waals surface area contributed by atoms with E-state index in [4.69, 9.17) is 19.4 Å². The highest BCUT2D eigenvalue weighted by Gasteiger charge is 2.41. The topological polar surface area (TPSA) is 88.1 Å². The Morgan fingerprint density at radius 2 is 1.94 bits per heavy atom. The van der Waals surface area contributed by atoms with Crippen LogP contribution in [0.25, 0.3) is 0 Å². The predicted molar refractivity (Wildman–Crippen MR) is 111 cm³/mol. The number of rotatable bonds is 7. The molecule has 0 spiro atoms. The van der Waals surface area contributed by atoms with Crippen LogP contribution in [0.1, 0.15) is 24.0 Å². The van der Waals surface area contributed by atoms with Gasteiger partial charge >= 0.3 is 12.1 Å². The molecule has 1 aromatic rings. The SMILES string of the molecule is COCCNC(=O)C[C@H]1OC[C@H]2CN(Cc3ccc(C)cc3)CC[C@H]21.O=C(O)C(F)(F)F. The van der Waals surface area contributed by atoms with Gasteiger partial charge in [-0.15, -0.1) is 0 Å². The van der Waals surface area contributed by atoms with Crippen LogP contribution in [0.5, 0.6) is 0 Å². The number of piperidine rings is 1. The summed E-state index contributed by atoms with van der Waals surface area (Å²) in [4.78, 5) is 23.4. The average Bonchev–Trinajstić information content (AvgIpc) is 3.11. The standard InChI is InChI=1S/C20H30N2O3.C2HF3O2/c1-15-3-5-16(6-4-15)12-22-9-7-18-17(13-22)14-25-19(18)11-20(23)21-8-10-24-2;3-2(4,5)1(6)7/h3-6,17-19H,7-14H2,1-2H3,(H,21,23);(H,6,7)/t17-,18-,19-;/m1./s1. The zero-order chi connectivity index (χ0) is 23.7. The smallest absolute Gasteiger partial charge is 0.475 e. The van der Waals surface area contributed by atoms with Crippen molar-refractivity contribution in [3.63, 3.8) is 0 Å². The molecule has 2 aliphatic heterocycles. The number of carboxylic acid groups (broad SMARTS) is 1. The molecular weight excluding hydrogens is 429 g/mol. The molecule has 2 N–H and O–H groups in total. The fourth-order valence-corrected chi connectivity index (χ4v) is 4.02. The molecular formula is C22H31F3N2O5. The Balaban J connectivity index is 0.000000451. The number of carboxylic acids is 1. The molecule has 2 aliphatic rings. The monoisotopic (exact) mass is 460 g/mol. The second-order valence-corrected chi connectivity index (χ2v) is 8.15. The lowest BCUT2D eigenvalue weighted by molar-refractivity contribution is -0.192. The molecule has 1 aromatic carbocycles. The first-order valence-electron chi connectivity index (χ1n) is 10.6. The number of fused-ring (bicyclic) bond motifs is 1. The van der Waals surface area contributed by atoms with Gasteiger partial charge in [0.2, 0.25) is 5.91 Å². The minimum absolute atomic E-state index is 0.0739. The molecule has 0 saturated carbocycles. The molecule has 3 atom stereocenters. The Morgan fingerprint density at radius 1 is 1.28 bits per heavy atom. The summed E-state index contributed by atoms with van der Waals surface area (Å²) in [6, 6.07) is 8.80. The highest BCUT2D eigenvalue weighted by atomic mass is 19.4. The summed E-state index contributed by atoms with van der Waals surface area (Å²) in [7, 11) is 1.64. The molecule has 0 radical (unpaired) electrons. The van der Waals surface area contributed by atoms with Crippen LogP contribution in [0.15, 0.2) is 24.3 Å². The van der Waals surface area contributed by atoms with E-state index in [1.165, 1.54) is 11.1 Å². The van der Waals surface area contributed by atoms with E-state index in [0.717, 1.165) is 32.7 Å². The second kappa shape index (κ2) is 12.2. The zero-order valence-electron chi connectivity index (χ0n) is 18.4. The van der Waals surface area contributed by atoms with Crippen molar-refractivity contribution in [2.45, 2.75) is 38.6 Å². The van der Waals surface area contributed by atoms with Gasteiger partial charge in [-0.3, -0.25) is 9.69 Å². The van der Waals surface area contributed by atoms with Gasteiger partial charge in [-0.05, 0) is 31.4 Å². The third-order valence-electron chi connectivity index (χ3n) is 5.66. The van der Waals surface area contributed by atoms with Gasteiger partial charge in [-0.2, -0.15) is 13.2 Å². The van der Waals surface area contributed by atoms with Crippen LogP contribution in [0.4, 0.5) is 13.2 Å². The number of alkyl halides is 3. The van der Waals surface area contributed by atoms with Gasteiger partial charge in [0.05, 0.1) is 25.7 Å². The van der Waals surface area contributed by atoms with Gasteiger partial charge in [0.15, 0.2) is 0 Å². The lowest BCUT2D eigenvalue weighted by Gasteiger charge is -2.35. The molecule has 0 bridgehead atoms. The van der Waals surface area contributed by atoms with Crippen LogP contribution in [0.2, 0.25) is 0 Å². The zero-order valence-corrected chi connectivity index (χ0v) is 18.4. The number of halogens is 3. The number of ether oxygens (including phenoxy) is 2. The number of likely N-dealkylation sites (tertiary alicyclic amines) is 1. The average molecular weight is 460 g/mol. The maximum atomic E-state index is 12.0. The number of hydrogen-bond donors (Lipinski definition) is 2. The van der Waals surface area contributed by atoms with Gasteiger partial charge in [0, 0.05) is 32.7 Å². The van der Waals surface area contributed by atoms with Crippen molar-refractivity contribution in [2.24, 2.45) is 11.8 Å². The van der Waals surface area contributed by atoms with E-state index in [1.807, 2.05) is 0 Å². The third kappa shape index (κ3) is 8.40. The Labute approximate surface area is 185 Å². The molecule has 0 unspecified atom stereocenters. The lowest BCUT2D eigenvalue weighted by Crippen LogP contribution is -2.42. The molecule has 2 heterocycles. The summed E-state index contributed by atoms with van der Waals surface area (Å²) in [6.07, 6.45) is -3.41. The lowest BCUT2D eigenvalue weighted by atomic mass is 9.83. The fraction of sp³-hybridized carbons (Fsp3) is 0.636. The molecule has 180 valence electrons. The molecule has 7 nitrogen and oxygen atoms in total. The summed E-state index contributed by atoms with van der Waals surface area (Å²) >= 11 is 0. The van der Waals surface area contributed by atoms with Crippen molar-refractivity contribution in [3.8, 4) is 0 Å². The number of aliphatic carboxylic acids is 1. The van der Waals surface area contributed by atoms with E-state index in [1.54, 1.807) is 7.11 Å². The van der Waals surface area contributed by atoms with Crippen molar-refractivity contribution >= 4 is 11.9 Å². The molecule has 0 aliphatic carbocycles. The van der Waals surface area contributed by atoms with Crippen LogP contribution in [0.3, 0.4) is 0 Å². The van der Waals surface area contributed by atoms with Gasteiger partial charge in [-0.1, -0.05) is 29.8 Å². The van der Waals surface area contributed by atoms with Crippen LogP contribution >= 0.6 is 0 Å². The van der Waals surface area contributed by atoms with Crippen molar-refractivity contribution in [2.75, 3.05) is 40.0 Å². The highest BCUT2D eigenvalue weighted by Crippen LogP contribution is 2.36. The second-order valence-electron chi connectivity index (χ2n) is 8.15. The number of aryl methyl sites for hydroxylation is 1. The number of nitrogens with zero attached hydrogens (tertiary/aromatic N) is 1. The summed E-state index contributed by atoms with van der Waals surface area (Å²) in [6.45, 7) is 7.19. The minimum atomic E-state index is -5.08. The summed E-state index contributed by atoms with van der Waals surface area (Å²) in [5.41, 5.74) is 2.68. The summed E-state index contributed by atoms with van der Waals surface area (Å²) in [5, 5.41) is 10.0. The van der Waals surface area contributed by atoms with Gasteiger partial charge in [0.1, 0.15) is 0 Å². The largest absolute Gasteiger partial charge is 0.490 e. The molecule has 32 heavy (non-hydrogen) atoms. The number of carbonyl (C=O) groups is 2. The molecule has 0 aromatic heterocycles. The van der Waals surface area contributed by atoms with Gasteiger partial charge < -0.3 is 19.9 Å². The van der Waals surface area contributed by atoms with Gasteiger partial charge in [0.25, 0.3) is 0 Å². The number of amides is 1. The van der Waals surface area contributed by atoms with Crippen molar-refractivity contribution in [1.29, 1.82) is 0 Å². The van der Waals surface area contributed by atoms with Crippen LogP contribution < -0.4 is 5.32 Å². The fourth-order valence-electron chi connectivity index (χ4n) is 4.02. The number of hydrogen-bond acceptors (Lipinski definition) is 5. The van der Waals surface area contributed by atoms with Crippen LogP contribution in [0, 0.1) is 18.8 Å². The van der Waals surface area contributed by atoms with E-state index in [0.29, 0.717) is 31.4 Å². The van der Waals surface area contributed by atoms with Crippen LogP contribution in [-0.2, 0) is 25.6 Å². The molecule has 2 fully saturated rings. The molecule has 3 rings (SSSR count). The van der Waals surface area contributed by atoms with E-state index in [-0.39, 0.29) is 12.0 Å². The Hall–Kier alpha value is -2.17. The molecule has 1 amide bonds. The number of carbonyl (C=O) groups excluding carboxylic acids is 1. The normalized spacial score (nSPS) is 23.1. The number of methoxy groups -OCH3 is 1. The van der Waals surface area contributed by atoms with E-state index >= 15 is 0 Å². The van der Waals surface area contributed by atoms with Gasteiger partial charge in [-0.25, -0.2) is 4.79 Å². The van der Waals surface area contributed by atoms with Crippen molar-refractivity contribution < 1.29 is 37.3 Å². The number of benzene rings is 1. The Bertz CT molecular complexity index is 742. The summed E-state index contributed by atoms with van der Waals surface area (Å²) in [5.74, 6) is -1.62. The maximum absolute atomic E-state index is 12.0. The summed E-state index contributed by atoms with van der Waals surface area (Å²) < 4.78 is 42.7. The third-order valence-corrected chi connectivity index (χ3v) is 5.66. The first-order chi connectivity index (χ1) is 15.1. The maximum Gasteiger partial charge on any atom is 0.490 e. The van der Waals surface area contributed by atoms with E-state index in [9.17, 15) is 18.0 Å². The predicted octanol–water partition coefficient (Wildman–Crippen LogP) is 2.62. The Kier molecular flexibility index (Phi) is 9.92. The quantitative estimate of drug-likeness (QED) is 0.609.